The first kappa shape index (κ1) is 17.4. The number of ether oxygens (including phenoxy) is 1. The normalized spacial score (nSPS) is 11.7. The van der Waals surface area contributed by atoms with Crippen molar-refractivity contribution in [1.82, 2.24) is 4.57 Å². The first-order chi connectivity index (χ1) is 11.7. The Labute approximate surface area is 148 Å². The van der Waals surface area contributed by atoms with E-state index in [9.17, 15) is 13.2 Å². The molecule has 0 atom stereocenters. The summed E-state index contributed by atoms with van der Waals surface area (Å²) < 4.78 is 39.6. The summed E-state index contributed by atoms with van der Waals surface area (Å²) in [6, 6.07) is 7.53. The molecule has 0 amide bonds. The Morgan fingerprint density at radius 1 is 1.24 bits per heavy atom. The SMILES string of the molecule is COc1ccc(Cl)cc1NS(=O)(=O)c1cc2c(cc1C)oc(=O)n2C. The zero-order chi connectivity index (χ0) is 18.4. The maximum Gasteiger partial charge on any atom is 0.419 e. The number of oxazole rings is 1. The van der Waals surface area contributed by atoms with Gasteiger partial charge in [0.2, 0.25) is 0 Å². The largest absolute Gasteiger partial charge is 0.495 e. The summed E-state index contributed by atoms with van der Waals surface area (Å²) in [5.41, 5.74) is 1.37. The van der Waals surface area contributed by atoms with Crippen molar-refractivity contribution in [3.05, 3.63) is 51.5 Å². The van der Waals surface area contributed by atoms with Crippen molar-refractivity contribution < 1.29 is 17.6 Å². The van der Waals surface area contributed by atoms with Crippen molar-refractivity contribution in [2.24, 2.45) is 7.05 Å². The molecule has 0 radical (unpaired) electrons. The molecule has 0 unspecified atom stereocenters. The summed E-state index contributed by atoms with van der Waals surface area (Å²) >= 11 is 5.94. The van der Waals surface area contributed by atoms with Gasteiger partial charge in [0, 0.05) is 12.1 Å². The van der Waals surface area contributed by atoms with Gasteiger partial charge in [-0.05, 0) is 42.8 Å². The average molecular weight is 383 g/mol. The summed E-state index contributed by atoms with van der Waals surface area (Å²) in [5, 5.41) is 0.364. The molecule has 7 nitrogen and oxygen atoms in total. The van der Waals surface area contributed by atoms with Gasteiger partial charge in [-0.2, -0.15) is 0 Å². The second-order valence-corrected chi connectivity index (χ2v) is 7.55. The lowest BCUT2D eigenvalue weighted by Crippen LogP contribution is -2.15. The van der Waals surface area contributed by atoms with Gasteiger partial charge >= 0.3 is 5.76 Å². The Kier molecular flexibility index (Phi) is 4.26. The molecule has 0 saturated carbocycles. The van der Waals surface area contributed by atoms with Crippen LogP contribution >= 0.6 is 11.6 Å². The van der Waals surface area contributed by atoms with Crippen LogP contribution in [0.4, 0.5) is 5.69 Å². The van der Waals surface area contributed by atoms with Crippen LogP contribution < -0.4 is 15.2 Å². The van der Waals surface area contributed by atoms with Crippen LogP contribution in [0.2, 0.25) is 5.02 Å². The third-order valence-electron chi connectivity index (χ3n) is 3.78. The summed E-state index contributed by atoms with van der Waals surface area (Å²) in [6.45, 7) is 1.62. The van der Waals surface area contributed by atoms with Crippen LogP contribution in [0.1, 0.15) is 5.56 Å². The molecule has 0 saturated heterocycles. The summed E-state index contributed by atoms with van der Waals surface area (Å²) in [5.74, 6) is -0.226. The summed E-state index contributed by atoms with van der Waals surface area (Å²) in [4.78, 5) is 11.6. The fourth-order valence-corrected chi connectivity index (χ4v) is 3.99. The van der Waals surface area contributed by atoms with E-state index in [0.29, 0.717) is 27.4 Å². The number of benzene rings is 2. The molecule has 9 heteroatoms. The van der Waals surface area contributed by atoms with Crippen molar-refractivity contribution in [3.8, 4) is 5.75 Å². The molecule has 3 rings (SSSR count). The number of hydrogen-bond acceptors (Lipinski definition) is 5. The van der Waals surface area contributed by atoms with E-state index in [1.807, 2.05) is 0 Å². The Bertz CT molecular complexity index is 1130. The number of anilines is 1. The van der Waals surface area contributed by atoms with Gasteiger partial charge < -0.3 is 9.15 Å². The lowest BCUT2D eigenvalue weighted by molar-refractivity contribution is 0.417. The second kappa shape index (κ2) is 6.12. The molecule has 0 fully saturated rings. The zero-order valence-electron chi connectivity index (χ0n) is 13.7. The minimum Gasteiger partial charge on any atom is -0.495 e. The standard InChI is InChI=1S/C16H15ClN2O5S/c1-9-6-14-12(19(2)16(20)24-14)8-15(9)25(21,22)18-11-7-10(17)4-5-13(11)23-3/h4-8,18H,1-3H3. The van der Waals surface area contributed by atoms with Crippen molar-refractivity contribution in [2.75, 3.05) is 11.8 Å². The minimum atomic E-state index is -3.94. The predicted molar refractivity (Wildman–Crippen MR) is 95.0 cm³/mol. The molecular weight excluding hydrogens is 368 g/mol. The van der Waals surface area contributed by atoms with E-state index in [1.54, 1.807) is 19.1 Å². The Hall–Kier alpha value is -2.45. The molecule has 1 heterocycles. The van der Waals surface area contributed by atoms with E-state index < -0.39 is 15.8 Å². The number of sulfonamides is 1. The van der Waals surface area contributed by atoms with Crippen molar-refractivity contribution in [1.29, 1.82) is 0 Å². The van der Waals surface area contributed by atoms with Crippen molar-refractivity contribution >= 4 is 38.4 Å². The fraction of sp³-hybridized carbons (Fsp3) is 0.188. The van der Waals surface area contributed by atoms with Crippen molar-refractivity contribution in [2.45, 2.75) is 11.8 Å². The maximum absolute atomic E-state index is 12.8. The Balaban J connectivity index is 2.13. The van der Waals surface area contributed by atoms with Gasteiger partial charge in [-0.1, -0.05) is 11.6 Å². The topological polar surface area (TPSA) is 90.5 Å². The Morgan fingerprint density at radius 2 is 1.96 bits per heavy atom. The number of halogens is 1. The lowest BCUT2D eigenvalue weighted by atomic mass is 10.2. The smallest absolute Gasteiger partial charge is 0.419 e. The maximum atomic E-state index is 12.8. The van der Waals surface area contributed by atoms with Gasteiger partial charge in [0.05, 0.1) is 23.2 Å². The van der Waals surface area contributed by atoms with Crippen LogP contribution in [0.3, 0.4) is 0 Å². The highest BCUT2D eigenvalue weighted by molar-refractivity contribution is 7.92. The molecule has 1 N–H and O–H groups in total. The van der Waals surface area contributed by atoms with E-state index in [0.717, 1.165) is 0 Å². The van der Waals surface area contributed by atoms with Crippen LogP contribution in [0.5, 0.6) is 5.75 Å². The van der Waals surface area contributed by atoms with Gasteiger partial charge in [-0.25, -0.2) is 13.2 Å². The number of rotatable bonds is 4. The number of hydrogen-bond donors (Lipinski definition) is 1. The predicted octanol–water partition coefficient (Wildman–Crippen LogP) is 2.90. The summed E-state index contributed by atoms with van der Waals surface area (Å²) in [6.07, 6.45) is 0. The highest BCUT2D eigenvalue weighted by Gasteiger charge is 2.21. The van der Waals surface area contributed by atoms with Gasteiger partial charge in [0.1, 0.15) is 5.75 Å². The average Bonchev–Trinajstić information content (AvgIpc) is 2.80. The number of methoxy groups -OCH3 is 1. The van der Waals surface area contributed by atoms with E-state index in [4.69, 9.17) is 20.8 Å². The Morgan fingerprint density at radius 3 is 2.64 bits per heavy atom. The van der Waals surface area contributed by atoms with E-state index in [1.165, 1.54) is 36.9 Å². The molecule has 132 valence electrons. The number of nitrogens with zero attached hydrogens (tertiary/aromatic N) is 1. The van der Waals surface area contributed by atoms with Gasteiger partial charge in [0.25, 0.3) is 10.0 Å². The molecule has 0 aliphatic carbocycles. The van der Waals surface area contributed by atoms with Crippen LogP contribution in [-0.2, 0) is 17.1 Å². The van der Waals surface area contributed by atoms with Crippen LogP contribution in [0.15, 0.2) is 44.4 Å². The molecule has 0 aliphatic heterocycles. The van der Waals surface area contributed by atoms with E-state index in [-0.39, 0.29) is 10.6 Å². The first-order valence-electron chi connectivity index (χ1n) is 7.19. The van der Waals surface area contributed by atoms with Gasteiger partial charge in [0.15, 0.2) is 5.58 Å². The number of nitrogens with one attached hydrogen (secondary N) is 1. The molecule has 25 heavy (non-hydrogen) atoms. The van der Waals surface area contributed by atoms with Gasteiger partial charge in [-0.3, -0.25) is 9.29 Å². The van der Waals surface area contributed by atoms with E-state index in [2.05, 4.69) is 4.72 Å². The molecule has 0 spiro atoms. The third-order valence-corrected chi connectivity index (χ3v) is 5.53. The zero-order valence-corrected chi connectivity index (χ0v) is 15.2. The number of aromatic nitrogens is 1. The van der Waals surface area contributed by atoms with Crippen LogP contribution in [-0.4, -0.2) is 20.1 Å². The van der Waals surface area contributed by atoms with E-state index >= 15 is 0 Å². The first-order valence-corrected chi connectivity index (χ1v) is 9.05. The highest BCUT2D eigenvalue weighted by Crippen LogP contribution is 2.31. The molecular formula is C16H15ClN2O5S. The molecule has 0 aliphatic rings. The quantitative estimate of drug-likeness (QED) is 0.749. The summed E-state index contributed by atoms with van der Waals surface area (Å²) in [7, 11) is -1.00. The van der Waals surface area contributed by atoms with Crippen LogP contribution in [0.25, 0.3) is 11.1 Å². The monoisotopic (exact) mass is 382 g/mol. The van der Waals surface area contributed by atoms with Gasteiger partial charge in [-0.15, -0.1) is 0 Å². The molecule has 2 aromatic carbocycles. The fourth-order valence-electron chi connectivity index (χ4n) is 2.50. The number of fused-ring (bicyclic) bond motifs is 1. The minimum absolute atomic E-state index is 0.0263. The molecule has 3 aromatic rings. The molecule has 0 bridgehead atoms. The third kappa shape index (κ3) is 3.10. The van der Waals surface area contributed by atoms with Crippen LogP contribution in [0, 0.1) is 6.92 Å². The number of aryl methyl sites for hydroxylation is 2. The second-order valence-electron chi connectivity index (χ2n) is 5.46. The lowest BCUT2D eigenvalue weighted by Gasteiger charge is -2.13. The molecule has 1 aromatic heterocycles. The van der Waals surface area contributed by atoms with Crippen molar-refractivity contribution in [3.63, 3.8) is 0 Å². The highest BCUT2D eigenvalue weighted by atomic mass is 35.5.